The van der Waals surface area contributed by atoms with Gasteiger partial charge >= 0.3 is 12.0 Å². The van der Waals surface area contributed by atoms with E-state index in [-0.39, 0.29) is 18.1 Å². The molecular weight excluding hydrogens is 326 g/mol. The summed E-state index contributed by atoms with van der Waals surface area (Å²) in [5.74, 6) is 0.161. The fourth-order valence-corrected chi connectivity index (χ4v) is 2.16. The van der Waals surface area contributed by atoms with Crippen molar-refractivity contribution in [2.75, 3.05) is 25.6 Å². The third kappa shape index (κ3) is 4.97. The summed E-state index contributed by atoms with van der Waals surface area (Å²) >= 11 is 0. The van der Waals surface area contributed by atoms with Crippen LogP contribution < -0.4 is 15.4 Å². The van der Waals surface area contributed by atoms with Gasteiger partial charge in [0.15, 0.2) is 0 Å². The molecule has 0 saturated heterocycles. The van der Waals surface area contributed by atoms with Crippen molar-refractivity contribution in [2.45, 2.75) is 20.3 Å². The number of carbonyl (C=O) groups excluding carboxylic acids is 2. The molecule has 0 unspecified atom stereocenters. The molecule has 8 heteroatoms. The molecule has 1 heterocycles. The van der Waals surface area contributed by atoms with Crippen LogP contribution >= 0.6 is 0 Å². The topological polar surface area (TPSA) is 103 Å². The Hall–Kier alpha value is -3.03. The van der Waals surface area contributed by atoms with Crippen LogP contribution in [0, 0.1) is 6.92 Å². The standard InChI is InChI=1S/C17H21N3O5/c1-4-24-16(21)14-11(2)20-25-15(14)19-17(22)18-10-9-12-5-7-13(23-3)8-6-12/h5-8H,4,9-10H2,1-3H3,(H2,18,19,22). The summed E-state index contributed by atoms with van der Waals surface area (Å²) in [5, 5.41) is 8.86. The Morgan fingerprint density at radius 1 is 1.24 bits per heavy atom. The van der Waals surface area contributed by atoms with Crippen LogP contribution in [0.25, 0.3) is 0 Å². The number of esters is 1. The average Bonchev–Trinajstić information content (AvgIpc) is 2.96. The highest BCUT2D eigenvalue weighted by Crippen LogP contribution is 2.20. The predicted octanol–water partition coefficient (Wildman–Crippen LogP) is 2.53. The van der Waals surface area contributed by atoms with Crippen LogP contribution in [0.5, 0.6) is 5.75 Å². The van der Waals surface area contributed by atoms with Crippen molar-refractivity contribution in [2.24, 2.45) is 0 Å². The van der Waals surface area contributed by atoms with Gasteiger partial charge in [0.25, 0.3) is 0 Å². The number of carbonyl (C=O) groups is 2. The second kappa shape index (κ2) is 8.72. The first-order chi connectivity index (χ1) is 12.0. The van der Waals surface area contributed by atoms with Crippen molar-refractivity contribution in [3.8, 4) is 5.75 Å². The van der Waals surface area contributed by atoms with Crippen LogP contribution in [0.2, 0.25) is 0 Å². The number of aromatic nitrogens is 1. The summed E-state index contributed by atoms with van der Waals surface area (Å²) in [6.45, 7) is 3.93. The molecule has 134 valence electrons. The lowest BCUT2D eigenvalue weighted by molar-refractivity contribution is 0.0526. The van der Waals surface area contributed by atoms with Gasteiger partial charge in [-0.1, -0.05) is 17.3 Å². The average molecular weight is 347 g/mol. The van der Waals surface area contributed by atoms with Gasteiger partial charge in [0.1, 0.15) is 11.3 Å². The van der Waals surface area contributed by atoms with Crippen molar-refractivity contribution in [1.82, 2.24) is 10.5 Å². The maximum absolute atomic E-state index is 12.0. The molecular formula is C17H21N3O5. The normalized spacial score (nSPS) is 10.2. The maximum atomic E-state index is 12.0. The van der Waals surface area contributed by atoms with E-state index in [4.69, 9.17) is 14.0 Å². The quantitative estimate of drug-likeness (QED) is 0.746. The molecule has 0 aliphatic rings. The van der Waals surface area contributed by atoms with Crippen molar-refractivity contribution < 1.29 is 23.6 Å². The molecule has 0 saturated carbocycles. The van der Waals surface area contributed by atoms with Crippen LogP contribution in [0.15, 0.2) is 28.8 Å². The molecule has 0 atom stereocenters. The lowest BCUT2D eigenvalue weighted by Crippen LogP contribution is -2.30. The molecule has 8 nitrogen and oxygen atoms in total. The number of hydrogen-bond donors (Lipinski definition) is 2. The summed E-state index contributed by atoms with van der Waals surface area (Å²) in [6, 6.07) is 7.08. The van der Waals surface area contributed by atoms with E-state index in [0.29, 0.717) is 18.7 Å². The van der Waals surface area contributed by atoms with Crippen LogP contribution in [0.4, 0.5) is 10.7 Å². The van der Waals surface area contributed by atoms with Crippen molar-refractivity contribution >= 4 is 17.9 Å². The van der Waals surface area contributed by atoms with Crippen LogP contribution in [0.1, 0.15) is 28.5 Å². The van der Waals surface area contributed by atoms with Gasteiger partial charge in [-0.05, 0) is 38.0 Å². The highest BCUT2D eigenvalue weighted by molar-refractivity contribution is 5.99. The zero-order valence-electron chi connectivity index (χ0n) is 14.4. The minimum Gasteiger partial charge on any atom is -0.497 e. The number of anilines is 1. The summed E-state index contributed by atoms with van der Waals surface area (Å²) in [7, 11) is 1.61. The first-order valence-corrected chi connectivity index (χ1v) is 7.86. The third-order valence-corrected chi connectivity index (χ3v) is 3.43. The van der Waals surface area contributed by atoms with Gasteiger partial charge in [-0.25, -0.2) is 9.59 Å². The molecule has 1 aromatic carbocycles. The Morgan fingerprint density at radius 2 is 1.96 bits per heavy atom. The van der Waals surface area contributed by atoms with Crippen LogP contribution in [-0.4, -0.2) is 37.4 Å². The largest absolute Gasteiger partial charge is 0.497 e. The van der Waals surface area contributed by atoms with E-state index in [1.807, 2.05) is 24.3 Å². The molecule has 0 spiro atoms. The smallest absolute Gasteiger partial charge is 0.345 e. The molecule has 0 fully saturated rings. The number of urea groups is 1. The van der Waals surface area contributed by atoms with Crippen molar-refractivity contribution in [3.05, 3.63) is 41.1 Å². The molecule has 0 aliphatic heterocycles. The minimum absolute atomic E-state index is 0.0297. The molecule has 1 aromatic heterocycles. The molecule has 0 aliphatic carbocycles. The van der Waals surface area contributed by atoms with Gasteiger partial charge in [-0.15, -0.1) is 0 Å². The van der Waals surface area contributed by atoms with E-state index in [2.05, 4.69) is 15.8 Å². The van der Waals surface area contributed by atoms with Gasteiger partial charge in [0.05, 0.1) is 19.4 Å². The van der Waals surface area contributed by atoms with E-state index in [9.17, 15) is 9.59 Å². The monoisotopic (exact) mass is 347 g/mol. The fourth-order valence-electron chi connectivity index (χ4n) is 2.16. The van der Waals surface area contributed by atoms with Gasteiger partial charge in [-0.3, -0.25) is 5.32 Å². The number of methoxy groups -OCH3 is 1. The lowest BCUT2D eigenvalue weighted by atomic mass is 10.1. The summed E-state index contributed by atoms with van der Waals surface area (Å²) in [6.07, 6.45) is 0.650. The SMILES string of the molecule is CCOC(=O)c1c(C)noc1NC(=O)NCCc1ccc(OC)cc1. The van der Waals surface area contributed by atoms with E-state index in [0.717, 1.165) is 11.3 Å². The minimum atomic E-state index is -0.588. The van der Waals surface area contributed by atoms with E-state index >= 15 is 0 Å². The number of rotatable bonds is 7. The molecule has 2 N–H and O–H groups in total. The number of aryl methyl sites for hydroxylation is 1. The number of amides is 2. The predicted molar refractivity (Wildman–Crippen MR) is 90.9 cm³/mol. The summed E-state index contributed by atoms with van der Waals surface area (Å²) < 4.78 is 15.0. The number of benzene rings is 1. The highest BCUT2D eigenvalue weighted by Gasteiger charge is 2.23. The first-order valence-electron chi connectivity index (χ1n) is 7.86. The van der Waals surface area contributed by atoms with Crippen LogP contribution in [-0.2, 0) is 11.2 Å². The Balaban J connectivity index is 1.87. The van der Waals surface area contributed by atoms with Gasteiger partial charge in [0, 0.05) is 6.54 Å². The van der Waals surface area contributed by atoms with Crippen molar-refractivity contribution in [1.29, 1.82) is 0 Å². The zero-order valence-corrected chi connectivity index (χ0v) is 14.4. The molecule has 0 bridgehead atoms. The Morgan fingerprint density at radius 3 is 2.60 bits per heavy atom. The highest BCUT2D eigenvalue weighted by atomic mass is 16.5. The number of nitrogens with zero attached hydrogens (tertiary/aromatic N) is 1. The number of ether oxygens (including phenoxy) is 2. The number of nitrogens with one attached hydrogen (secondary N) is 2. The zero-order chi connectivity index (χ0) is 18.2. The summed E-state index contributed by atoms with van der Waals surface area (Å²) in [5.41, 5.74) is 1.53. The maximum Gasteiger partial charge on any atom is 0.345 e. The molecule has 2 aromatic rings. The molecule has 2 rings (SSSR count). The molecule has 0 radical (unpaired) electrons. The Bertz CT molecular complexity index is 724. The van der Waals surface area contributed by atoms with Gasteiger partial charge < -0.3 is 19.3 Å². The molecule has 25 heavy (non-hydrogen) atoms. The van der Waals surface area contributed by atoms with Gasteiger partial charge in [0.2, 0.25) is 5.88 Å². The van der Waals surface area contributed by atoms with Crippen molar-refractivity contribution in [3.63, 3.8) is 0 Å². The molecule has 2 amide bonds. The van der Waals surface area contributed by atoms with Crippen LogP contribution in [0.3, 0.4) is 0 Å². The second-order valence-electron chi connectivity index (χ2n) is 5.17. The first kappa shape index (κ1) is 18.3. The lowest BCUT2D eigenvalue weighted by Gasteiger charge is -2.07. The fraction of sp³-hybridized carbons (Fsp3) is 0.353. The Kier molecular flexibility index (Phi) is 6.39. The Labute approximate surface area is 145 Å². The van der Waals surface area contributed by atoms with Gasteiger partial charge in [-0.2, -0.15) is 0 Å². The van der Waals surface area contributed by atoms with E-state index in [1.165, 1.54) is 0 Å². The van der Waals surface area contributed by atoms with E-state index < -0.39 is 12.0 Å². The second-order valence-corrected chi connectivity index (χ2v) is 5.17. The summed E-state index contributed by atoms with van der Waals surface area (Å²) in [4.78, 5) is 23.8. The third-order valence-electron chi connectivity index (χ3n) is 3.43. The number of hydrogen-bond acceptors (Lipinski definition) is 6. The van der Waals surface area contributed by atoms with E-state index in [1.54, 1.807) is 21.0 Å².